The molecule has 1 aliphatic rings. The summed E-state index contributed by atoms with van der Waals surface area (Å²) < 4.78 is 0. The van der Waals surface area contributed by atoms with Crippen LogP contribution in [0.4, 0.5) is 5.69 Å². The Morgan fingerprint density at radius 3 is 2.76 bits per heavy atom. The Bertz CT molecular complexity index is 642. The van der Waals surface area contributed by atoms with E-state index < -0.39 is 40.1 Å². The second-order valence-corrected chi connectivity index (χ2v) is 4.41. The molecule has 0 aromatic heterocycles. The fourth-order valence-corrected chi connectivity index (χ4v) is 1.93. The van der Waals surface area contributed by atoms with E-state index in [1.54, 1.807) is 0 Å². The molecule has 1 atom stereocenters. The molecule has 0 bridgehead atoms. The highest BCUT2D eigenvalue weighted by Gasteiger charge is 2.29. The van der Waals surface area contributed by atoms with Gasteiger partial charge in [-0.2, -0.15) is 0 Å². The van der Waals surface area contributed by atoms with Crippen LogP contribution in [-0.4, -0.2) is 33.8 Å². The highest BCUT2D eigenvalue weighted by atomic mass is 16.6. The number of hydrogen-bond donors (Lipinski definition) is 3. The van der Waals surface area contributed by atoms with E-state index in [0.717, 1.165) is 6.07 Å². The lowest BCUT2D eigenvalue weighted by Crippen LogP contribution is -2.52. The number of nitrogens with one attached hydrogen (secondary N) is 2. The van der Waals surface area contributed by atoms with Gasteiger partial charge in [0.1, 0.15) is 6.04 Å². The standard InChI is InChI=1S/C12H11N3O6/c16-9-5-4-7(12(19)14-9)13-11(18)6-2-1-3-8(10(6)17)15(20)21/h1-3,7,17H,4-5H2,(H,13,18)(H,14,16,19). The number of piperidine rings is 1. The predicted molar refractivity (Wildman–Crippen MR) is 68.4 cm³/mol. The number of carbonyl (C=O) groups excluding carboxylic acids is 3. The summed E-state index contributed by atoms with van der Waals surface area (Å²) in [5.74, 6) is -2.67. The zero-order valence-corrected chi connectivity index (χ0v) is 10.7. The van der Waals surface area contributed by atoms with Crippen LogP contribution in [-0.2, 0) is 9.59 Å². The second kappa shape index (κ2) is 5.57. The average molecular weight is 293 g/mol. The number of nitrogens with zero attached hydrogens (tertiary/aromatic N) is 1. The third-order valence-electron chi connectivity index (χ3n) is 3.00. The van der Waals surface area contributed by atoms with Crippen LogP contribution in [0, 0.1) is 10.1 Å². The fourth-order valence-electron chi connectivity index (χ4n) is 1.93. The third kappa shape index (κ3) is 2.96. The molecule has 0 aliphatic carbocycles. The topological polar surface area (TPSA) is 139 Å². The number of hydrogen-bond acceptors (Lipinski definition) is 6. The van der Waals surface area contributed by atoms with Gasteiger partial charge < -0.3 is 10.4 Å². The first-order chi connectivity index (χ1) is 9.90. The van der Waals surface area contributed by atoms with E-state index in [1.807, 2.05) is 0 Å². The molecular formula is C12H11N3O6. The van der Waals surface area contributed by atoms with Crippen LogP contribution in [0.15, 0.2) is 18.2 Å². The number of carbonyl (C=O) groups is 3. The van der Waals surface area contributed by atoms with Gasteiger partial charge in [-0.05, 0) is 12.5 Å². The Labute approximate surface area is 118 Å². The summed E-state index contributed by atoms with van der Waals surface area (Å²) in [6.45, 7) is 0. The summed E-state index contributed by atoms with van der Waals surface area (Å²) in [4.78, 5) is 44.3. The van der Waals surface area contributed by atoms with Gasteiger partial charge in [0.25, 0.3) is 5.91 Å². The van der Waals surface area contributed by atoms with E-state index in [-0.39, 0.29) is 18.4 Å². The minimum Gasteiger partial charge on any atom is -0.502 e. The molecule has 21 heavy (non-hydrogen) atoms. The molecular weight excluding hydrogens is 282 g/mol. The van der Waals surface area contributed by atoms with Gasteiger partial charge in [0.05, 0.1) is 10.5 Å². The van der Waals surface area contributed by atoms with E-state index in [1.165, 1.54) is 12.1 Å². The maximum absolute atomic E-state index is 12.0. The maximum Gasteiger partial charge on any atom is 0.311 e. The average Bonchev–Trinajstić information content (AvgIpc) is 2.41. The van der Waals surface area contributed by atoms with Crippen molar-refractivity contribution in [2.24, 2.45) is 0 Å². The summed E-state index contributed by atoms with van der Waals surface area (Å²) in [7, 11) is 0. The van der Waals surface area contributed by atoms with Gasteiger partial charge in [0, 0.05) is 12.5 Å². The van der Waals surface area contributed by atoms with Crippen LogP contribution in [0.2, 0.25) is 0 Å². The van der Waals surface area contributed by atoms with Crippen molar-refractivity contribution in [3.05, 3.63) is 33.9 Å². The van der Waals surface area contributed by atoms with Gasteiger partial charge >= 0.3 is 5.69 Å². The summed E-state index contributed by atoms with van der Waals surface area (Å²) in [6.07, 6.45) is 0.212. The Morgan fingerprint density at radius 1 is 1.43 bits per heavy atom. The van der Waals surface area contributed by atoms with Gasteiger partial charge in [0.15, 0.2) is 0 Å². The molecule has 1 fully saturated rings. The van der Waals surface area contributed by atoms with Crippen LogP contribution in [0.5, 0.6) is 5.75 Å². The molecule has 9 nitrogen and oxygen atoms in total. The highest BCUT2D eigenvalue weighted by molar-refractivity contribution is 6.04. The quantitative estimate of drug-likeness (QED) is 0.402. The number of nitro groups is 1. The number of nitro benzene ring substituents is 1. The van der Waals surface area contributed by atoms with Gasteiger partial charge in [-0.15, -0.1) is 0 Å². The van der Waals surface area contributed by atoms with E-state index in [9.17, 15) is 29.6 Å². The first-order valence-electron chi connectivity index (χ1n) is 6.01. The van der Waals surface area contributed by atoms with E-state index in [2.05, 4.69) is 10.6 Å². The number of phenolic OH excluding ortho intramolecular Hbond substituents is 1. The zero-order chi connectivity index (χ0) is 15.6. The van der Waals surface area contributed by atoms with Gasteiger partial charge in [0.2, 0.25) is 17.6 Å². The number of rotatable bonds is 3. The van der Waals surface area contributed by atoms with Crippen molar-refractivity contribution in [1.82, 2.24) is 10.6 Å². The number of phenols is 1. The van der Waals surface area contributed by atoms with Crippen molar-refractivity contribution in [3.8, 4) is 5.75 Å². The molecule has 3 amide bonds. The first kappa shape index (κ1) is 14.4. The molecule has 0 radical (unpaired) electrons. The number of benzene rings is 1. The number of imide groups is 1. The first-order valence-corrected chi connectivity index (χ1v) is 6.01. The number of amides is 3. The van der Waals surface area contributed by atoms with E-state index in [4.69, 9.17) is 0 Å². The molecule has 9 heteroatoms. The molecule has 1 aliphatic heterocycles. The summed E-state index contributed by atoms with van der Waals surface area (Å²) >= 11 is 0. The lowest BCUT2D eigenvalue weighted by molar-refractivity contribution is -0.385. The smallest absolute Gasteiger partial charge is 0.311 e. The van der Waals surface area contributed by atoms with Crippen LogP contribution in [0.3, 0.4) is 0 Å². The molecule has 110 valence electrons. The van der Waals surface area contributed by atoms with Crippen LogP contribution < -0.4 is 10.6 Å². The van der Waals surface area contributed by atoms with Crippen molar-refractivity contribution in [3.63, 3.8) is 0 Å². The Morgan fingerprint density at radius 2 is 2.14 bits per heavy atom. The van der Waals surface area contributed by atoms with E-state index in [0.29, 0.717) is 0 Å². The molecule has 3 N–H and O–H groups in total. The minimum atomic E-state index is -0.922. The minimum absolute atomic E-state index is 0.0810. The summed E-state index contributed by atoms with van der Waals surface area (Å²) in [6, 6.07) is 2.58. The van der Waals surface area contributed by atoms with Crippen molar-refractivity contribution in [2.75, 3.05) is 0 Å². The van der Waals surface area contributed by atoms with Gasteiger partial charge in [-0.1, -0.05) is 6.07 Å². The zero-order valence-electron chi connectivity index (χ0n) is 10.7. The highest BCUT2D eigenvalue weighted by Crippen LogP contribution is 2.29. The summed E-state index contributed by atoms with van der Waals surface area (Å²) in [5.41, 5.74) is -0.917. The normalized spacial score (nSPS) is 18.0. The number of aromatic hydroxyl groups is 1. The molecule has 1 heterocycles. The molecule has 1 unspecified atom stereocenters. The van der Waals surface area contributed by atoms with Crippen molar-refractivity contribution in [2.45, 2.75) is 18.9 Å². The second-order valence-electron chi connectivity index (χ2n) is 4.41. The van der Waals surface area contributed by atoms with Crippen molar-refractivity contribution >= 4 is 23.4 Å². The molecule has 1 saturated heterocycles. The molecule has 1 aromatic rings. The summed E-state index contributed by atoms with van der Waals surface area (Å²) in [5, 5.41) is 24.8. The Balaban J connectivity index is 2.18. The Hall–Kier alpha value is -2.97. The van der Waals surface area contributed by atoms with Gasteiger partial charge in [-0.25, -0.2) is 0 Å². The predicted octanol–water partition coefficient (Wildman–Crippen LogP) is -0.165. The molecule has 1 aromatic carbocycles. The van der Waals surface area contributed by atoms with Crippen LogP contribution in [0.25, 0.3) is 0 Å². The molecule has 2 rings (SSSR count). The van der Waals surface area contributed by atoms with Gasteiger partial charge in [-0.3, -0.25) is 29.8 Å². The fraction of sp³-hybridized carbons (Fsp3) is 0.250. The van der Waals surface area contributed by atoms with Crippen molar-refractivity contribution < 1.29 is 24.4 Å². The SMILES string of the molecule is O=C1CCC(NC(=O)c2cccc([N+](=O)[O-])c2O)C(=O)N1. The van der Waals surface area contributed by atoms with Crippen molar-refractivity contribution in [1.29, 1.82) is 0 Å². The van der Waals surface area contributed by atoms with E-state index >= 15 is 0 Å². The third-order valence-corrected chi connectivity index (χ3v) is 3.00. The molecule has 0 saturated carbocycles. The van der Waals surface area contributed by atoms with Crippen LogP contribution in [0.1, 0.15) is 23.2 Å². The lowest BCUT2D eigenvalue weighted by atomic mass is 10.1. The lowest BCUT2D eigenvalue weighted by Gasteiger charge is -2.21. The maximum atomic E-state index is 12.0. The Kier molecular flexibility index (Phi) is 3.83. The number of para-hydroxylation sites is 1. The monoisotopic (exact) mass is 293 g/mol. The largest absolute Gasteiger partial charge is 0.502 e. The van der Waals surface area contributed by atoms with Crippen LogP contribution >= 0.6 is 0 Å². The molecule has 0 spiro atoms.